The van der Waals surface area contributed by atoms with Crippen molar-refractivity contribution in [1.82, 2.24) is 5.32 Å². The van der Waals surface area contributed by atoms with Gasteiger partial charge in [-0.05, 0) is 25.1 Å². The Labute approximate surface area is 110 Å². The van der Waals surface area contributed by atoms with Crippen LogP contribution in [-0.4, -0.2) is 41.1 Å². The van der Waals surface area contributed by atoms with Gasteiger partial charge in [-0.25, -0.2) is 0 Å². The minimum atomic E-state index is -0.789. The number of amides is 1. The van der Waals surface area contributed by atoms with Crippen LogP contribution in [0.25, 0.3) is 0 Å². The van der Waals surface area contributed by atoms with Gasteiger partial charge >= 0.3 is 0 Å². The molecule has 0 aliphatic rings. The zero-order chi connectivity index (χ0) is 13.5. The number of anilines is 1. The van der Waals surface area contributed by atoms with Crippen molar-refractivity contribution in [3.05, 3.63) is 23.8 Å². The molecule has 0 aromatic heterocycles. The highest BCUT2D eigenvalue weighted by Crippen LogP contribution is 2.26. The Kier molecular flexibility index (Phi) is 5.97. The Balaban J connectivity index is 2.78. The smallest absolute Gasteiger partial charge is 0.251 e. The number of hydrogen-bond acceptors (Lipinski definition) is 5. The molecule has 0 heterocycles. The third kappa shape index (κ3) is 4.21. The van der Waals surface area contributed by atoms with Crippen LogP contribution in [0, 0.1) is 0 Å². The van der Waals surface area contributed by atoms with Crippen LogP contribution in [-0.2, 0) is 0 Å². The second kappa shape index (κ2) is 7.25. The van der Waals surface area contributed by atoms with E-state index in [-0.39, 0.29) is 12.5 Å². The van der Waals surface area contributed by atoms with E-state index in [4.69, 9.17) is 10.8 Å². The summed E-state index contributed by atoms with van der Waals surface area (Å²) < 4.78 is 0. The predicted molar refractivity (Wildman–Crippen MR) is 72.7 cm³/mol. The van der Waals surface area contributed by atoms with Crippen LogP contribution in [0.15, 0.2) is 23.1 Å². The molecule has 1 atom stereocenters. The van der Waals surface area contributed by atoms with Crippen molar-refractivity contribution >= 4 is 23.4 Å². The molecular weight excluding hydrogens is 252 g/mol. The highest BCUT2D eigenvalue weighted by molar-refractivity contribution is 7.99. The molecule has 0 saturated carbocycles. The molecule has 0 bridgehead atoms. The molecule has 18 heavy (non-hydrogen) atoms. The maximum absolute atomic E-state index is 11.7. The zero-order valence-electron chi connectivity index (χ0n) is 10.2. The molecule has 1 aromatic carbocycles. The molecule has 1 rings (SSSR count). The number of nitrogens with one attached hydrogen (secondary N) is 1. The minimum absolute atomic E-state index is 0.151. The van der Waals surface area contributed by atoms with E-state index >= 15 is 0 Å². The van der Waals surface area contributed by atoms with Gasteiger partial charge in [-0.15, -0.1) is 11.8 Å². The zero-order valence-corrected chi connectivity index (χ0v) is 11.0. The second-order valence-electron chi connectivity index (χ2n) is 3.76. The average molecular weight is 270 g/mol. The quantitative estimate of drug-likeness (QED) is 0.445. The molecule has 0 radical (unpaired) electrons. The van der Waals surface area contributed by atoms with E-state index in [9.17, 15) is 9.90 Å². The van der Waals surface area contributed by atoms with Gasteiger partial charge in [-0.2, -0.15) is 0 Å². The van der Waals surface area contributed by atoms with Crippen molar-refractivity contribution in [2.45, 2.75) is 17.9 Å². The Morgan fingerprint density at radius 1 is 1.56 bits per heavy atom. The highest BCUT2D eigenvalue weighted by atomic mass is 32.2. The van der Waals surface area contributed by atoms with Crippen molar-refractivity contribution in [3.63, 3.8) is 0 Å². The summed E-state index contributed by atoms with van der Waals surface area (Å²) in [4.78, 5) is 12.4. The monoisotopic (exact) mass is 270 g/mol. The van der Waals surface area contributed by atoms with E-state index in [1.807, 2.05) is 6.92 Å². The normalized spacial score (nSPS) is 12.2. The van der Waals surface area contributed by atoms with Gasteiger partial charge in [0, 0.05) is 28.4 Å². The molecule has 1 amide bonds. The first-order valence-corrected chi connectivity index (χ1v) is 6.66. The summed E-state index contributed by atoms with van der Waals surface area (Å²) in [7, 11) is 0. The number of aliphatic hydroxyl groups excluding tert-OH is 2. The lowest BCUT2D eigenvalue weighted by Crippen LogP contribution is -2.22. The summed E-state index contributed by atoms with van der Waals surface area (Å²) in [5.74, 6) is 0.182. The molecule has 0 spiro atoms. The van der Waals surface area contributed by atoms with E-state index in [2.05, 4.69) is 5.32 Å². The van der Waals surface area contributed by atoms with Crippen molar-refractivity contribution in [2.75, 3.05) is 24.6 Å². The number of rotatable bonds is 6. The molecule has 5 N–H and O–H groups in total. The molecule has 5 nitrogen and oxygen atoms in total. The first-order chi connectivity index (χ1) is 8.58. The number of thioether (sulfide) groups is 1. The Morgan fingerprint density at radius 3 is 2.89 bits per heavy atom. The first-order valence-electron chi connectivity index (χ1n) is 5.68. The average Bonchev–Trinajstić information content (AvgIpc) is 2.37. The van der Waals surface area contributed by atoms with E-state index in [1.54, 1.807) is 18.2 Å². The number of carbonyl (C=O) groups is 1. The van der Waals surface area contributed by atoms with Crippen LogP contribution >= 0.6 is 11.8 Å². The lowest BCUT2D eigenvalue weighted by Gasteiger charge is -2.10. The molecule has 0 aliphatic carbocycles. The maximum atomic E-state index is 11.7. The Hall–Kier alpha value is -1.24. The van der Waals surface area contributed by atoms with Gasteiger partial charge in [0.25, 0.3) is 5.91 Å². The molecule has 0 fully saturated rings. The summed E-state index contributed by atoms with van der Waals surface area (Å²) >= 11 is 1.31. The van der Waals surface area contributed by atoms with E-state index in [0.717, 1.165) is 4.90 Å². The van der Waals surface area contributed by atoms with E-state index < -0.39 is 6.10 Å². The van der Waals surface area contributed by atoms with Crippen LogP contribution in [0.2, 0.25) is 0 Å². The molecule has 1 aromatic rings. The fourth-order valence-electron chi connectivity index (χ4n) is 1.30. The Morgan fingerprint density at radius 2 is 2.28 bits per heavy atom. The van der Waals surface area contributed by atoms with Gasteiger partial charge in [0.1, 0.15) is 0 Å². The number of aliphatic hydroxyl groups is 2. The molecule has 0 saturated heterocycles. The Bertz CT molecular complexity index is 412. The van der Waals surface area contributed by atoms with Crippen LogP contribution in [0.4, 0.5) is 5.69 Å². The fraction of sp³-hybridized carbons (Fsp3) is 0.417. The van der Waals surface area contributed by atoms with Crippen LogP contribution in [0.1, 0.15) is 17.3 Å². The molecule has 1 unspecified atom stereocenters. The van der Waals surface area contributed by atoms with Crippen LogP contribution < -0.4 is 11.1 Å². The predicted octanol–water partition coefficient (Wildman–Crippen LogP) is 0.464. The lowest BCUT2D eigenvalue weighted by atomic mass is 10.2. The summed E-state index contributed by atoms with van der Waals surface area (Å²) in [5, 5.41) is 20.7. The number of carbonyl (C=O) groups excluding carboxylic acids is 1. The highest BCUT2D eigenvalue weighted by Gasteiger charge is 2.10. The van der Waals surface area contributed by atoms with Crippen molar-refractivity contribution in [3.8, 4) is 0 Å². The summed E-state index contributed by atoms with van der Waals surface area (Å²) in [5.41, 5.74) is 6.88. The van der Waals surface area contributed by atoms with Gasteiger partial charge in [-0.3, -0.25) is 4.79 Å². The molecule has 100 valence electrons. The van der Waals surface area contributed by atoms with Gasteiger partial charge in [0.15, 0.2) is 0 Å². The number of benzene rings is 1. The third-order valence-corrected chi connectivity index (χ3v) is 3.47. The number of hydrogen-bond donors (Lipinski definition) is 4. The van der Waals surface area contributed by atoms with Gasteiger partial charge < -0.3 is 21.3 Å². The lowest BCUT2D eigenvalue weighted by molar-refractivity contribution is 0.0955. The second-order valence-corrected chi connectivity index (χ2v) is 4.82. The fourth-order valence-corrected chi connectivity index (χ4v) is 2.22. The SMILES string of the molecule is CCNC(=O)c1ccc(N)c(SCC(O)CO)c1. The third-order valence-electron chi connectivity index (χ3n) is 2.26. The molecule has 0 aliphatic heterocycles. The van der Waals surface area contributed by atoms with Crippen LogP contribution in [0.3, 0.4) is 0 Å². The minimum Gasteiger partial charge on any atom is -0.398 e. The number of nitrogen functional groups attached to an aromatic ring is 1. The summed E-state index contributed by atoms with van der Waals surface area (Å²) in [6, 6.07) is 5.01. The van der Waals surface area contributed by atoms with Crippen molar-refractivity contribution in [2.24, 2.45) is 0 Å². The molecule has 6 heteroatoms. The summed E-state index contributed by atoms with van der Waals surface area (Å²) in [6.45, 7) is 2.13. The van der Waals surface area contributed by atoms with Crippen molar-refractivity contribution in [1.29, 1.82) is 0 Å². The van der Waals surface area contributed by atoms with Gasteiger partial charge in [0.05, 0.1) is 12.7 Å². The topological polar surface area (TPSA) is 95.6 Å². The summed E-state index contributed by atoms with van der Waals surface area (Å²) in [6.07, 6.45) is -0.789. The maximum Gasteiger partial charge on any atom is 0.251 e. The number of nitrogens with two attached hydrogens (primary N) is 1. The van der Waals surface area contributed by atoms with Crippen LogP contribution in [0.5, 0.6) is 0 Å². The van der Waals surface area contributed by atoms with Crippen molar-refractivity contribution < 1.29 is 15.0 Å². The van der Waals surface area contributed by atoms with Gasteiger partial charge in [0.2, 0.25) is 0 Å². The molecular formula is C12H18N2O3S. The van der Waals surface area contributed by atoms with E-state index in [0.29, 0.717) is 23.5 Å². The largest absolute Gasteiger partial charge is 0.398 e. The first kappa shape index (κ1) is 14.8. The van der Waals surface area contributed by atoms with Gasteiger partial charge in [-0.1, -0.05) is 0 Å². The standard InChI is InChI=1S/C12H18N2O3S/c1-2-14-12(17)8-3-4-10(13)11(5-8)18-7-9(16)6-15/h3-5,9,15-16H,2,6-7,13H2,1H3,(H,14,17). The van der Waals surface area contributed by atoms with E-state index in [1.165, 1.54) is 11.8 Å².